The van der Waals surface area contributed by atoms with Crippen LogP contribution in [0.15, 0.2) is 23.1 Å². The lowest BCUT2D eigenvalue weighted by Gasteiger charge is -2.19. The van der Waals surface area contributed by atoms with Crippen molar-refractivity contribution in [3.63, 3.8) is 0 Å². The molecule has 72 valence electrons. The molecule has 1 aromatic rings. The highest BCUT2D eigenvalue weighted by atomic mass is 32.2. The fourth-order valence-corrected chi connectivity index (χ4v) is 1.59. The largest absolute Gasteiger partial charge is 0.508 e. The van der Waals surface area contributed by atoms with Gasteiger partial charge in [-0.3, -0.25) is 0 Å². The summed E-state index contributed by atoms with van der Waals surface area (Å²) in [7, 11) is 0. The standard InChI is InChI=1S/C10H14O2S/c1-10(2,12)8-5-4-7(13-3)6-9(8)11/h4-6,11-12H,1-3H3. The van der Waals surface area contributed by atoms with Crippen LogP contribution in [-0.2, 0) is 5.60 Å². The number of phenolic OH excluding ortho intramolecular Hbond substituents is 1. The Balaban J connectivity index is 3.13. The molecule has 0 heterocycles. The molecule has 0 aromatic heterocycles. The summed E-state index contributed by atoms with van der Waals surface area (Å²) in [6.45, 7) is 3.31. The van der Waals surface area contributed by atoms with Crippen LogP contribution in [0.3, 0.4) is 0 Å². The van der Waals surface area contributed by atoms with Crippen LogP contribution in [0.5, 0.6) is 5.75 Å². The third kappa shape index (κ3) is 2.39. The number of hydrogen-bond donors (Lipinski definition) is 2. The maximum Gasteiger partial charge on any atom is 0.122 e. The van der Waals surface area contributed by atoms with E-state index in [9.17, 15) is 10.2 Å². The molecule has 0 amide bonds. The average molecular weight is 198 g/mol. The van der Waals surface area contributed by atoms with Gasteiger partial charge in [-0.05, 0) is 32.2 Å². The molecule has 0 aliphatic heterocycles. The van der Waals surface area contributed by atoms with E-state index in [0.717, 1.165) is 4.90 Å². The lowest BCUT2D eigenvalue weighted by Crippen LogP contribution is -2.15. The molecule has 0 saturated heterocycles. The van der Waals surface area contributed by atoms with Crippen LogP contribution in [0.2, 0.25) is 0 Å². The van der Waals surface area contributed by atoms with Crippen molar-refractivity contribution in [1.29, 1.82) is 0 Å². The van der Waals surface area contributed by atoms with E-state index in [2.05, 4.69) is 0 Å². The molecule has 0 unspecified atom stereocenters. The van der Waals surface area contributed by atoms with Gasteiger partial charge in [-0.1, -0.05) is 6.07 Å². The van der Waals surface area contributed by atoms with Gasteiger partial charge >= 0.3 is 0 Å². The lowest BCUT2D eigenvalue weighted by atomic mass is 9.98. The highest BCUT2D eigenvalue weighted by molar-refractivity contribution is 7.98. The highest BCUT2D eigenvalue weighted by Crippen LogP contribution is 2.31. The lowest BCUT2D eigenvalue weighted by molar-refractivity contribution is 0.0757. The Morgan fingerprint density at radius 3 is 2.31 bits per heavy atom. The van der Waals surface area contributed by atoms with E-state index in [1.165, 1.54) is 0 Å². The zero-order chi connectivity index (χ0) is 10.1. The molecule has 2 nitrogen and oxygen atoms in total. The topological polar surface area (TPSA) is 40.5 Å². The Bertz CT molecular complexity index is 302. The van der Waals surface area contributed by atoms with E-state index >= 15 is 0 Å². The fourth-order valence-electron chi connectivity index (χ4n) is 1.16. The fraction of sp³-hybridized carbons (Fsp3) is 0.400. The second kappa shape index (κ2) is 3.60. The number of rotatable bonds is 2. The molecule has 2 N–H and O–H groups in total. The number of aromatic hydroxyl groups is 1. The normalized spacial score (nSPS) is 11.7. The zero-order valence-corrected chi connectivity index (χ0v) is 8.85. The first-order valence-electron chi connectivity index (χ1n) is 4.05. The number of hydrogen-bond acceptors (Lipinski definition) is 3. The number of aliphatic hydroxyl groups is 1. The third-order valence-corrected chi connectivity index (χ3v) is 2.59. The zero-order valence-electron chi connectivity index (χ0n) is 8.03. The van der Waals surface area contributed by atoms with Gasteiger partial charge in [0.25, 0.3) is 0 Å². The molecule has 0 bridgehead atoms. The van der Waals surface area contributed by atoms with Crippen molar-refractivity contribution < 1.29 is 10.2 Å². The van der Waals surface area contributed by atoms with Crippen molar-refractivity contribution in [3.8, 4) is 5.75 Å². The van der Waals surface area contributed by atoms with E-state index in [4.69, 9.17) is 0 Å². The molecule has 0 atom stereocenters. The molecule has 0 saturated carbocycles. The molecule has 13 heavy (non-hydrogen) atoms. The van der Waals surface area contributed by atoms with Gasteiger partial charge in [0.15, 0.2) is 0 Å². The average Bonchev–Trinajstić information content (AvgIpc) is 2.01. The predicted octanol–water partition coefficient (Wildman–Crippen LogP) is 2.34. The van der Waals surface area contributed by atoms with Gasteiger partial charge in [-0.25, -0.2) is 0 Å². The Labute approximate surface area is 82.6 Å². The van der Waals surface area contributed by atoms with Gasteiger partial charge in [0.2, 0.25) is 0 Å². The minimum atomic E-state index is -0.985. The van der Waals surface area contributed by atoms with Gasteiger partial charge in [-0.2, -0.15) is 0 Å². The van der Waals surface area contributed by atoms with Gasteiger partial charge in [0.05, 0.1) is 5.60 Å². The highest BCUT2D eigenvalue weighted by Gasteiger charge is 2.19. The number of benzene rings is 1. The minimum absolute atomic E-state index is 0.152. The summed E-state index contributed by atoms with van der Waals surface area (Å²) in [4.78, 5) is 0.991. The second-order valence-electron chi connectivity index (χ2n) is 3.44. The summed E-state index contributed by atoms with van der Waals surface area (Å²) in [5, 5.41) is 19.3. The molecule has 0 spiro atoms. The molecule has 3 heteroatoms. The summed E-state index contributed by atoms with van der Waals surface area (Å²) in [6, 6.07) is 5.30. The monoisotopic (exact) mass is 198 g/mol. The first-order valence-corrected chi connectivity index (χ1v) is 5.27. The van der Waals surface area contributed by atoms with Crippen LogP contribution in [0, 0.1) is 0 Å². The van der Waals surface area contributed by atoms with Gasteiger partial charge < -0.3 is 10.2 Å². The van der Waals surface area contributed by atoms with Crippen molar-refractivity contribution in [3.05, 3.63) is 23.8 Å². The Morgan fingerprint density at radius 1 is 1.31 bits per heavy atom. The van der Waals surface area contributed by atoms with Crippen LogP contribution in [-0.4, -0.2) is 16.5 Å². The summed E-state index contributed by atoms with van der Waals surface area (Å²) < 4.78 is 0. The first kappa shape index (κ1) is 10.4. The van der Waals surface area contributed by atoms with E-state index in [1.807, 2.05) is 12.3 Å². The molecular formula is C10H14O2S. The van der Waals surface area contributed by atoms with E-state index in [1.54, 1.807) is 37.7 Å². The summed E-state index contributed by atoms with van der Waals surface area (Å²) in [5.74, 6) is 0.152. The molecule has 0 fully saturated rings. The third-order valence-electron chi connectivity index (χ3n) is 1.86. The molecule has 0 radical (unpaired) electrons. The van der Waals surface area contributed by atoms with Crippen molar-refractivity contribution in [1.82, 2.24) is 0 Å². The van der Waals surface area contributed by atoms with Crippen molar-refractivity contribution in [2.24, 2.45) is 0 Å². The van der Waals surface area contributed by atoms with Crippen LogP contribution >= 0.6 is 11.8 Å². The maximum absolute atomic E-state index is 9.67. The maximum atomic E-state index is 9.67. The minimum Gasteiger partial charge on any atom is -0.508 e. The number of phenols is 1. The summed E-state index contributed by atoms with van der Waals surface area (Å²) >= 11 is 1.56. The van der Waals surface area contributed by atoms with Crippen LogP contribution < -0.4 is 0 Å². The van der Waals surface area contributed by atoms with Crippen LogP contribution in [0.25, 0.3) is 0 Å². The van der Waals surface area contributed by atoms with Gasteiger partial charge in [-0.15, -0.1) is 11.8 Å². The van der Waals surface area contributed by atoms with Crippen LogP contribution in [0.4, 0.5) is 0 Å². The van der Waals surface area contributed by atoms with Crippen molar-refractivity contribution in [2.75, 3.05) is 6.26 Å². The Hall–Kier alpha value is -0.670. The van der Waals surface area contributed by atoms with E-state index in [-0.39, 0.29) is 5.75 Å². The van der Waals surface area contributed by atoms with E-state index in [0.29, 0.717) is 5.56 Å². The van der Waals surface area contributed by atoms with Gasteiger partial charge in [0, 0.05) is 10.5 Å². The molecule has 1 rings (SSSR count). The van der Waals surface area contributed by atoms with Crippen molar-refractivity contribution in [2.45, 2.75) is 24.3 Å². The second-order valence-corrected chi connectivity index (χ2v) is 4.32. The SMILES string of the molecule is CSc1ccc(C(C)(C)O)c(O)c1. The quantitative estimate of drug-likeness (QED) is 0.717. The van der Waals surface area contributed by atoms with Gasteiger partial charge in [0.1, 0.15) is 5.75 Å². The molecule has 1 aromatic carbocycles. The van der Waals surface area contributed by atoms with E-state index < -0.39 is 5.60 Å². The van der Waals surface area contributed by atoms with Crippen LogP contribution in [0.1, 0.15) is 19.4 Å². The molecule has 0 aliphatic carbocycles. The Morgan fingerprint density at radius 2 is 1.92 bits per heavy atom. The number of thioether (sulfide) groups is 1. The molecule has 0 aliphatic rings. The summed E-state index contributed by atoms with van der Waals surface area (Å²) in [6.07, 6.45) is 1.94. The smallest absolute Gasteiger partial charge is 0.122 e. The Kier molecular flexibility index (Phi) is 2.88. The predicted molar refractivity (Wildman–Crippen MR) is 55.1 cm³/mol. The van der Waals surface area contributed by atoms with Crippen molar-refractivity contribution >= 4 is 11.8 Å². The summed E-state index contributed by atoms with van der Waals surface area (Å²) in [5.41, 5.74) is -0.425. The first-order chi connectivity index (χ1) is 5.95. The molecular weight excluding hydrogens is 184 g/mol.